The minimum Gasteiger partial charge on any atom is -0.381 e. The molecule has 2 rings (SSSR count). The highest BCUT2D eigenvalue weighted by atomic mass is 35.5. The summed E-state index contributed by atoms with van der Waals surface area (Å²) in [6.45, 7) is 1.23. The van der Waals surface area contributed by atoms with Gasteiger partial charge in [0.15, 0.2) is 5.78 Å². The molecule has 4 heteroatoms. The first kappa shape index (κ1) is 11.6. The Morgan fingerprint density at radius 3 is 2.69 bits per heavy atom. The van der Waals surface area contributed by atoms with Gasteiger partial charge in [-0.25, -0.2) is 4.39 Å². The molecule has 1 aromatic rings. The molecule has 1 fully saturated rings. The van der Waals surface area contributed by atoms with Crippen LogP contribution in [0, 0.1) is 11.7 Å². The summed E-state index contributed by atoms with van der Waals surface area (Å²) >= 11 is 5.64. The van der Waals surface area contributed by atoms with Gasteiger partial charge in [0.2, 0.25) is 0 Å². The van der Waals surface area contributed by atoms with Crippen LogP contribution in [0.4, 0.5) is 4.39 Å². The van der Waals surface area contributed by atoms with E-state index in [-0.39, 0.29) is 16.7 Å². The van der Waals surface area contributed by atoms with Crippen LogP contribution in [-0.2, 0) is 4.74 Å². The van der Waals surface area contributed by atoms with Crippen molar-refractivity contribution >= 4 is 17.4 Å². The van der Waals surface area contributed by atoms with E-state index in [0.29, 0.717) is 18.8 Å². The second-order valence-corrected chi connectivity index (χ2v) is 4.29. The van der Waals surface area contributed by atoms with Gasteiger partial charge in [-0.3, -0.25) is 4.79 Å². The van der Waals surface area contributed by atoms with Gasteiger partial charge in [0, 0.05) is 24.7 Å². The number of hydrogen-bond acceptors (Lipinski definition) is 2. The normalized spacial score (nSPS) is 17.4. The molecular formula is C12H12ClFO2. The predicted octanol–water partition coefficient (Wildman–Crippen LogP) is 3.09. The number of ketones is 1. The standard InChI is InChI=1S/C12H12ClFO2/c13-10-7-9(1-2-11(10)14)12(15)8-3-5-16-6-4-8/h1-2,7-8H,3-6H2. The summed E-state index contributed by atoms with van der Waals surface area (Å²) in [4.78, 5) is 12.0. The molecule has 0 spiro atoms. The first-order valence-electron chi connectivity index (χ1n) is 5.25. The smallest absolute Gasteiger partial charge is 0.166 e. The summed E-state index contributed by atoms with van der Waals surface area (Å²) in [5.41, 5.74) is 0.485. The zero-order chi connectivity index (χ0) is 11.5. The van der Waals surface area contributed by atoms with Crippen LogP contribution in [0.3, 0.4) is 0 Å². The quantitative estimate of drug-likeness (QED) is 0.745. The minimum absolute atomic E-state index is 0.00194. The summed E-state index contributed by atoms with van der Waals surface area (Å²) in [6.07, 6.45) is 1.46. The van der Waals surface area contributed by atoms with E-state index < -0.39 is 5.82 Å². The molecule has 1 saturated heterocycles. The fourth-order valence-electron chi connectivity index (χ4n) is 1.84. The van der Waals surface area contributed by atoms with Gasteiger partial charge in [-0.15, -0.1) is 0 Å². The lowest BCUT2D eigenvalue weighted by Crippen LogP contribution is -2.23. The van der Waals surface area contributed by atoms with Crippen molar-refractivity contribution in [1.82, 2.24) is 0 Å². The van der Waals surface area contributed by atoms with E-state index in [1.54, 1.807) is 0 Å². The number of ether oxygens (including phenoxy) is 1. The molecule has 0 aromatic heterocycles. The van der Waals surface area contributed by atoms with Gasteiger partial charge in [0.25, 0.3) is 0 Å². The van der Waals surface area contributed by atoms with Crippen molar-refractivity contribution in [3.63, 3.8) is 0 Å². The van der Waals surface area contributed by atoms with Crippen LogP contribution >= 0.6 is 11.6 Å². The average Bonchev–Trinajstić information content (AvgIpc) is 2.33. The monoisotopic (exact) mass is 242 g/mol. The average molecular weight is 243 g/mol. The highest BCUT2D eigenvalue weighted by Crippen LogP contribution is 2.23. The Balaban J connectivity index is 2.16. The zero-order valence-electron chi connectivity index (χ0n) is 8.71. The first-order valence-corrected chi connectivity index (χ1v) is 5.63. The van der Waals surface area contributed by atoms with Crippen molar-refractivity contribution in [2.45, 2.75) is 12.8 Å². The van der Waals surface area contributed by atoms with Crippen molar-refractivity contribution in [3.8, 4) is 0 Å². The van der Waals surface area contributed by atoms with Crippen LogP contribution < -0.4 is 0 Å². The predicted molar refractivity (Wildman–Crippen MR) is 59.3 cm³/mol. The summed E-state index contributed by atoms with van der Waals surface area (Å²) in [7, 11) is 0. The maximum atomic E-state index is 12.9. The van der Waals surface area contributed by atoms with Crippen molar-refractivity contribution in [3.05, 3.63) is 34.6 Å². The third kappa shape index (κ3) is 2.42. The minimum atomic E-state index is -0.495. The van der Waals surface area contributed by atoms with E-state index in [1.165, 1.54) is 18.2 Å². The van der Waals surface area contributed by atoms with Crippen LogP contribution in [-0.4, -0.2) is 19.0 Å². The Morgan fingerprint density at radius 2 is 2.06 bits per heavy atom. The Morgan fingerprint density at radius 1 is 1.38 bits per heavy atom. The molecule has 1 aliphatic heterocycles. The molecule has 0 unspecified atom stereocenters. The largest absolute Gasteiger partial charge is 0.381 e. The fraction of sp³-hybridized carbons (Fsp3) is 0.417. The van der Waals surface area contributed by atoms with Crippen molar-refractivity contribution in [2.24, 2.45) is 5.92 Å². The van der Waals surface area contributed by atoms with E-state index >= 15 is 0 Å². The number of Topliss-reactive ketones (excluding diaryl/α,β-unsaturated/α-hetero) is 1. The highest BCUT2D eigenvalue weighted by Gasteiger charge is 2.23. The van der Waals surface area contributed by atoms with Gasteiger partial charge in [-0.2, -0.15) is 0 Å². The third-order valence-corrected chi connectivity index (χ3v) is 3.09. The van der Waals surface area contributed by atoms with E-state index in [4.69, 9.17) is 16.3 Å². The molecule has 16 heavy (non-hydrogen) atoms. The second kappa shape index (κ2) is 4.93. The van der Waals surface area contributed by atoms with Crippen LogP contribution in [0.5, 0.6) is 0 Å². The van der Waals surface area contributed by atoms with Crippen molar-refractivity contribution in [2.75, 3.05) is 13.2 Å². The number of rotatable bonds is 2. The maximum Gasteiger partial charge on any atom is 0.166 e. The molecule has 0 atom stereocenters. The summed E-state index contributed by atoms with van der Waals surface area (Å²) < 4.78 is 18.1. The van der Waals surface area contributed by atoms with Crippen LogP contribution in [0.15, 0.2) is 18.2 Å². The number of benzene rings is 1. The molecule has 0 N–H and O–H groups in total. The molecule has 2 nitrogen and oxygen atoms in total. The Hall–Kier alpha value is -0.930. The van der Waals surface area contributed by atoms with Crippen molar-refractivity contribution < 1.29 is 13.9 Å². The first-order chi connectivity index (χ1) is 7.68. The molecule has 0 aliphatic carbocycles. The molecule has 0 amide bonds. The summed E-state index contributed by atoms with van der Waals surface area (Å²) in [6, 6.07) is 4.11. The molecular weight excluding hydrogens is 231 g/mol. The van der Waals surface area contributed by atoms with Gasteiger partial charge in [-0.05, 0) is 31.0 Å². The molecule has 0 bridgehead atoms. The SMILES string of the molecule is O=C(c1ccc(F)c(Cl)c1)C1CCOCC1. The lowest BCUT2D eigenvalue weighted by atomic mass is 9.91. The maximum absolute atomic E-state index is 12.9. The Labute approximate surface area is 98.4 Å². The molecule has 1 heterocycles. The topological polar surface area (TPSA) is 26.3 Å². The van der Waals surface area contributed by atoms with Crippen molar-refractivity contribution in [1.29, 1.82) is 0 Å². The summed E-state index contributed by atoms with van der Waals surface area (Å²) in [5.74, 6) is -0.481. The molecule has 86 valence electrons. The number of carbonyl (C=O) groups excluding carboxylic acids is 1. The van der Waals surface area contributed by atoms with E-state index in [9.17, 15) is 9.18 Å². The Bertz CT molecular complexity index is 400. The molecule has 0 saturated carbocycles. The van der Waals surface area contributed by atoms with Crippen LogP contribution in [0.25, 0.3) is 0 Å². The lowest BCUT2D eigenvalue weighted by Gasteiger charge is -2.20. The molecule has 1 aromatic carbocycles. The molecule has 0 radical (unpaired) electrons. The fourth-order valence-corrected chi connectivity index (χ4v) is 2.03. The van der Waals surface area contributed by atoms with Gasteiger partial charge in [0.05, 0.1) is 5.02 Å². The van der Waals surface area contributed by atoms with Gasteiger partial charge in [-0.1, -0.05) is 11.6 Å². The van der Waals surface area contributed by atoms with Gasteiger partial charge in [0.1, 0.15) is 5.82 Å². The molecule has 1 aliphatic rings. The third-order valence-electron chi connectivity index (χ3n) is 2.80. The van der Waals surface area contributed by atoms with Gasteiger partial charge < -0.3 is 4.74 Å². The number of halogens is 2. The van der Waals surface area contributed by atoms with Gasteiger partial charge >= 0.3 is 0 Å². The number of carbonyl (C=O) groups is 1. The zero-order valence-corrected chi connectivity index (χ0v) is 9.47. The lowest BCUT2D eigenvalue weighted by molar-refractivity contribution is 0.0545. The van der Waals surface area contributed by atoms with Crippen LogP contribution in [0.2, 0.25) is 5.02 Å². The van der Waals surface area contributed by atoms with Crippen LogP contribution in [0.1, 0.15) is 23.2 Å². The van der Waals surface area contributed by atoms with E-state index in [2.05, 4.69) is 0 Å². The highest BCUT2D eigenvalue weighted by molar-refractivity contribution is 6.31. The number of hydrogen-bond donors (Lipinski definition) is 0. The summed E-state index contributed by atoms with van der Waals surface area (Å²) in [5, 5.41) is -0.00194. The van der Waals surface area contributed by atoms with E-state index in [1.807, 2.05) is 0 Å². The second-order valence-electron chi connectivity index (χ2n) is 3.88. The Kier molecular flexibility index (Phi) is 3.56. The van der Waals surface area contributed by atoms with E-state index in [0.717, 1.165) is 12.8 Å².